The Balaban J connectivity index is 2.05. The van der Waals surface area contributed by atoms with E-state index in [1.54, 1.807) is 0 Å². The first-order valence-electron chi connectivity index (χ1n) is 6.08. The van der Waals surface area contributed by atoms with Crippen molar-refractivity contribution in [2.24, 2.45) is 5.92 Å². The number of nitrogens with zero attached hydrogens (tertiary/aromatic N) is 1. The van der Waals surface area contributed by atoms with Crippen molar-refractivity contribution in [1.29, 1.82) is 0 Å². The second-order valence-electron chi connectivity index (χ2n) is 4.75. The van der Waals surface area contributed by atoms with Crippen LogP contribution in [0, 0.1) is 5.92 Å². The minimum absolute atomic E-state index is 0.748. The predicted octanol–water partition coefficient (Wildman–Crippen LogP) is 3.13. The minimum Gasteiger partial charge on any atom is -0.302 e. The first-order valence-corrected chi connectivity index (χ1v) is 6.08. The molecule has 2 atom stereocenters. The molecule has 0 spiro atoms. The second-order valence-corrected chi connectivity index (χ2v) is 4.75. The molecular weight excluding hydrogens is 182 g/mol. The Morgan fingerprint density at radius 3 is 2.60 bits per heavy atom. The Labute approximate surface area is 93.1 Å². The summed E-state index contributed by atoms with van der Waals surface area (Å²) in [4.78, 5) is 2.60. The fourth-order valence-corrected chi connectivity index (χ4v) is 2.70. The summed E-state index contributed by atoms with van der Waals surface area (Å²) in [6.45, 7) is 8.42. The van der Waals surface area contributed by atoms with Crippen LogP contribution in [0.15, 0.2) is 30.3 Å². The van der Waals surface area contributed by atoms with E-state index in [-0.39, 0.29) is 0 Å². The van der Waals surface area contributed by atoms with Crippen molar-refractivity contribution in [3.05, 3.63) is 35.9 Å². The Kier molecular flexibility index (Phi) is 3.42. The fraction of sp³-hybridized carbons (Fsp3) is 0.571. The van der Waals surface area contributed by atoms with Crippen LogP contribution in [-0.4, -0.2) is 24.5 Å². The van der Waals surface area contributed by atoms with Gasteiger partial charge in [0.25, 0.3) is 0 Å². The number of benzene rings is 1. The Morgan fingerprint density at radius 2 is 1.93 bits per heavy atom. The van der Waals surface area contributed by atoms with Gasteiger partial charge in [-0.3, -0.25) is 0 Å². The molecule has 15 heavy (non-hydrogen) atoms. The van der Waals surface area contributed by atoms with Gasteiger partial charge in [0.05, 0.1) is 0 Å². The molecule has 1 aliphatic rings. The number of hydrogen-bond donors (Lipinski definition) is 0. The van der Waals surface area contributed by atoms with Gasteiger partial charge < -0.3 is 4.90 Å². The first kappa shape index (κ1) is 10.7. The second kappa shape index (κ2) is 4.80. The smallest absolute Gasteiger partial charge is 0.00534 e. The van der Waals surface area contributed by atoms with Gasteiger partial charge in [-0.15, -0.1) is 0 Å². The molecule has 1 saturated heterocycles. The molecule has 0 radical (unpaired) electrons. The van der Waals surface area contributed by atoms with Crippen molar-refractivity contribution >= 4 is 0 Å². The predicted molar refractivity (Wildman–Crippen MR) is 65.1 cm³/mol. The number of rotatable bonds is 3. The van der Waals surface area contributed by atoms with E-state index in [1.807, 2.05) is 0 Å². The van der Waals surface area contributed by atoms with E-state index >= 15 is 0 Å². The molecule has 0 amide bonds. The summed E-state index contributed by atoms with van der Waals surface area (Å²) < 4.78 is 0. The molecule has 1 heteroatoms. The Morgan fingerprint density at radius 1 is 1.20 bits per heavy atom. The van der Waals surface area contributed by atoms with E-state index in [4.69, 9.17) is 0 Å². The van der Waals surface area contributed by atoms with Gasteiger partial charge >= 0.3 is 0 Å². The van der Waals surface area contributed by atoms with E-state index in [9.17, 15) is 0 Å². The maximum Gasteiger partial charge on any atom is 0.00534 e. The van der Waals surface area contributed by atoms with Crippen molar-refractivity contribution in [2.75, 3.05) is 19.6 Å². The Hall–Kier alpha value is -0.820. The zero-order chi connectivity index (χ0) is 10.7. The average Bonchev–Trinajstić information content (AvgIpc) is 2.61. The lowest BCUT2D eigenvalue weighted by Gasteiger charge is -2.15. The van der Waals surface area contributed by atoms with Crippen LogP contribution in [0.4, 0.5) is 0 Å². The van der Waals surface area contributed by atoms with E-state index in [0.29, 0.717) is 0 Å². The van der Waals surface area contributed by atoms with Crippen molar-refractivity contribution < 1.29 is 0 Å². The molecule has 1 aromatic carbocycles. The summed E-state index contributed by atoms with van der Waals surface area (Å²) >= 11 is 0. The van der Waals surface area contributed by atoms with Crippen molar-refractivity contribution in [2.45, 2.75) is 26.2 Å². The van der Waals surface area contributed by atoms with Crippen LogP contribution in [0.2, 0.25) is 0 Å². The lowest BCUT2D eigenvalue weighted by molar-refractivity contribution is 0.327. The maximum atomic E-state index is 2.60. The van der Waals surface area contributed by atoms with Gasteiger partial charge in [-0.25, -0.2) is 0 Å². The minimum atomic E-state index is 0.748. The van der Waals surface area contributed by atoms with Crippen LogP contribution in [0.1, 0.15) is 31.7 Å². The summed E-state index contributed by atoms with van der Waals surface area (Å²) in [7, 11) is 0. The lowest BCUT2D eigenvalue weighted by atomic mass is 9.90. The fourth-order valence-electron chi connectivity index (χ4n) is 2.70. The Bertz CT molecular complexity index is 293. The molecule has 0 N–H and O–H groups in total. The van der Waals surface area contributed by atoms with E-state index in [1.165, 1.54) is 31.6 Å². The monoisotopic (exact) mass is 203 g/mol. The van der Waals surface area contributed by atoms with Crippen LogP contribution in [0.5, 0.6) is 0 Å². The van der Waals surface area contributed by atoms with Crippen LogP contribution in [0.3, 0.4) is 0 Å². The van der Waals surface area contributed by atoms with E-state index in [2.05, 4.69) is 49.1 Å². The van der Waals surface area contributed by atoms with E-state index < -0.39 is 0 Å². The topological polar surface area (TPSA) is 3.24 Å². The molecular formula is C14H21N. The standard InChI is InChI=1S/C14H21N/c1-3-9-15-10-12(2)14(11-15)13-7-5-4-6-8-13/h4-8,12,14H,3,9-11H2,1-2H3. The lowest BCUT2D eigenvalue weighted by Crippen LogP contribution is -2.21. The van der Waals surface area contributed by atoms with Gasteiger partial charge in [-0.05, 0) is 24.4 Å². The summed E-state index contributed by atoms with van der Waals surface area (Å²) in [6.07, 6.45) is 1.27. The summed E-state index contributed by atoms with van der Waals surface area (Å²) in [6, 6.07) is 11.0. The van der Waals surface area contributed by atoms with Gasteiger partial charge in [0.1, 0.15) is 0 Å². The van der Waals surface area contributed by atoms with Crippen LogP contribution < -0.4 is 0 Å². The van der Waals surface area contributed by atoms with Crippen LogP contribution in [0.25, 0.3) is 0 Å². The molecule has 1 heterocycles. The number of hydrogen-bond acceptors (Lipinski definition) is 1. The molecule has 2 rings (SSSR count). The van der Waals surface area contributed by atoms with Gasteiger partial charge in [0.2, 0.25) is 0 Å². The summed E-state index contributed by atoms with van der Waals surface area (Å²) in [5.41, 5.74) is 1.52. The highest BCUT2D eigenvalue weighted by Gasteiger charge is 2.29. The summed E-state index contributed by atoms with van der Waals surface area (Å²) in [5.74, 6) is 1.55. The third-order valence-corrected chi connectivity index (χ3v) is 3.46. The quantitative estimate of drug-likeness (QED) is 0.729. The SMILES string of the molecule is CCCN1CC(C)C(c2ccccc2)C1. The highest BCUT2D eigenvalue weighted by Crippen LogP contribution is 2.31. The molecule has 0 saturated carbocycles. The van der Waals surface area contributed by atoms with Crippen LogP contribution >= 0.6 is 0 Å². The summed E-state index contributed by atoms with van der Waals surface area (Å²) in [5, 5.41) is 0. The molecule has 1 nitrogen and oxygen atoms in total. The molecule has 1 aliphatic heterocycles. The number of likely N-dealkylation sites (tertiary alicyclic amines) is 1. The zero-order valence-electron chi connectivity index (χ0n) is 9.82. The zero-order valence-corrected chi connectivity index (χ0v) is 9.82. The van der Waals surface area contributed by atoms with Gasteiger partial charge in [-0.2, -0.15) is 0 Å². The van der Waals surface area contributed by atoms with Crippen LogP contribution in [-0.2, 0) is 0 Å². The van der Waals surface area contributed by atoms with Gasteiger partial charge in [0.15, 0.2) is 0 Å². The first-order chi connectivity index (χ1) is 7.31. The van der Waals surface area contributed by atoms with Crippen molar-refractivity contribution in [3.8, 4) is 0 Å². The highest BCUT2D eigenvalue weighted by molar-refractivity contribution is 5.22. The third-order valence-electron chi connectivity index (χ3n) is 3.46. The third kappa shape index (κ3) is 2.40. The maximum absolute atomic E-state index is 2.60. The largest absolute Gasteiger partial charge is 0.302 e. The van der Waals surface area contributed by atoms with Crippen molar-refractivity contribution in [1.82, 2.24) is 4.90 Å². The van der Waals surface area contributed by atoms with Crippen molar-refractivity contribution in [3.63, 3.8) is 0 Å². The molecule has 0 aromatic heterocycles. The van der Waals surface area contributed by atoms with Gasteiger partial charge in [0, 0.05) is 19.0 Å². The highest BCUT2D eigenvalue weighted by atomic mass is 15.1. The molecule has 1 aromatic rings. The normalized spacial score (nSPS) is 27.1. The molecule has 1 fully saturated rings. The molecule has 0 bridgehead atoms. The van der Waals surface area contributed by atoms with E-state index in [0.717, 1.165) is 11.8 Å². The molecule has 0 aliphatic carbocycles. The van der Waals surface area contributed by atoms with Gasteiger partial charge in [-0.1, -0.05) is 44.2 Å². The molecule has 82 valence electrons. The average molecular weight is 203 g/mol. The molecule has 2 unspecified atom stereocenters.